The third kappa shape index (κ3) is 4.32. The maximum atomic E-state index is 15.8. The second-order valence-electron chi connectivity index (χ2n) is 10.8. The van der Waals surface area contributed by atoms with Crippen LogP contribution in [0.3, 0.4) is 0 Å². The minimum Gasteiger partial charge on any atom is -0.510 e. The molecule has 212 valence electrons. The number of alkyl halides is 1. The monoisotopic (exact) mass is 547 g/mol. The zero-order chi connectivity index (χ0) is 29.0. The van der Waals surface area contributed by atoms with Gasteiger partial charge < -0.3 is 26.2 Å². The summed E-state index contributed by atoms with van der Waals surface area (Å²) in [5.74, 6) is -5.99. The molecule has 39 heavy (non-hydrogen) atoms. The van der Waals surface area contributed by atoms with Crippen LogP contribution in [0.1, 0.15) is 41.3 Å². The summed E-state index contributed by atoms with van der Waals surface area (Å²) in [6, 6.07) is 0.162. The Labute approximate surface area is 225 Å². The van der Waals surface area contributed by atoms with E-state index >= 15 is 4.39 Å². The van der Waals surface area contributed by atoms with Crippen molar-refractivity contribution in [1.29, 1.82) is 0 Å². The van der Waals surface area contributed by atoms with Gasteiger partial charge in [0.05, 0.1) is 17.2 Å². The lowest BCUT2D eigenvalue weighted by molar-refractivity contribution is -0.115. The van der Waals surface area contributed by atoms with Crippen LogP contribution in [-0.4, -0.2) is 87.4 Å². The molecular weight excluding hydrogens is 512 g/mol. The van der Waals surface area contributed by atoms with Crippen LogP contribution in [0.15, 0.2) is 40.9 Å². The lowest BCUT2D eigenvalue weighted by atomic mass is 9.57. The Morgan fingerprint density at radius 1 is 1.26 bits per heavy atom. The molecule has 0 heterocycles. The minimum absolute atomic E-state index is 0.0210. The molecule has 0 saturated heterocycles. The number of benzene rings is 1. The van der Waals surface area contributed by atoms with Gasteiger partial charge in [0.1, 0.15) is 29.8 Å². The lowest BCUT2D eigenvalue weighted by Gasteiger charge is -2.52. The molecule has 0 radical (unpaired) electrons. The Hall–Kier alpha value is -3.28. The van der Waals surface area contributed by atoms with E-state index in [2.05, 4.69) is 6.58 Å². The molecule has 3 aliphatic rings. The molecule has 1 aromatic rings. The number of aromatic hydroxyl groups is 1. The summed E-state index contributed by atoms with van der Waals surface area (Å²) in [6.45, 7) is 5.68. The van der Waals surface area contributed by atoms with Crippen molar-refractivity contribution in [3.05, 3.63) is 63.4 Å². The van der Waals surface area contributed by atoms with E-state index in [0.717, 1.165) is 6.07 Å². The van der Waals surface area contributed by atoms with Gasteiger partial charge in [-0.3, -0.25) is 19.4 Å². The number of allylic oxidation sites excluding steroid dienone is 1. The summed E-state index contributed by atoms with van der Waals surface area (Å²) in [6.07, 6.45) is 0.665. The van der Waals surface area contributed by atoms with Gasteiger partial charge in [0, 0.05) is 41.3 Å². The number of carbonyl (C=O) groups excluding carboxylic acids is 2. The van der Waals surface area contributed by atoms with Gasteiger partial charge in [-0.1, -0.05) is 13.5 Å². The van der Waals surface area contributed by atoms with E-state index < -0.39 is 70.5 Å². The number of halogens is 2. The van der Waals surface area contributed by atoms with E-state index in [4.69, 9.17) is 5.73 Å². The highest BCUT2D eigenvalue weighted by atomic mass is 19.1. The summed E-state index contributed by atoms with van der Waals surface area (Å²) in [4.78, 5) is 29.1. The van der Waals surface area contributed by atoms with Crippen LogP contribution in [0.4, 0.5) is 8.78 Å². The molecule has 0 fully saturated rings. The number of carbonyl (C=O) groups is 2. The number of hydrogen-bond donors (Lipinski definition) is 5. The van der Waals surface area contributed by atoms with Gasteiger partial charge in [0.25, 0.3) is 5.91 Å². The van der Waals surface area contributed by atoms with Crippen molar-refractivity contribution >= 4 is 11.7 Å². The highest BCUT2D eigenvalue weighted by Crippen LogP contribution is 2.55. The number of Topliss-reactive ketones (excluding diaryl/α,β-unsaturated/α-hetero) is 1. The number of likely N-dealkylation sites (N-methyl/N-ethyl adjacent to an activating group) is 1. The SMILES string of the molecule is C=C1C(C(N)=O)=C(O)[C@@H](N(C)C)[C@@H]2C[C@@H]3Cc4c(F)c(CN(CCC)CCF)cc(O)c4C(=O)C3=C(O)[C@]12O. The van der Waals surface area contributed by atoms with Gasteiger partial charge in [-0.15, -0.1) is 0 Å². The average molecular weight is 548 g/mol. The maximum Gasteiger partial charge on any atom is 0.252 e. The zero-order valence-corrected chi connectivity index (χ0v) is 22.3. The number of primary amides is 1. The topological polar surface area (TPSA) is 148 Å². The van der Waals surface area contributed by atoms with Crippen molar-refractivity contribution in [2.24, 2.45) is 17.6 Å². The number of rotatable bonds is 8. The van der Waals surface area contributed by atoms with E-state index in [1.165, 1.54) is 0 Å². The number of ketones is 1. The molecule has 11 heteroatoms. The van der Waals surface area contributed by atoms with Crippen molar-refractivity contribution in [1.82, 2.24) is 9.80 Å². The number of aliphatic hydroxyl groups is 3. The Bertz CT molecular complexity index is 1300. The Morgan fingerprint density at radius 2 is 1.92 bits per heavy atom. The zero-order valence-electron chi connectivity index (χ0n) is 22.3. The first-order valence-corrected chi connectivity index (χ1v) is 12.9. The van der Waals surface area contributed by atoms with Gasteiger partial charge >= 0.3 is 0 Å². The van der Waals surface area contributed by atoms with Crippen LogP contribution in [0.5, 0.6) is 5.75 Å². The van der Waals surface area contributed by atoms with E-state index in [9.17, 15) is 34.4 Å². The predicted octanol–water partition coefficient (Wildman–Crippen LogP) is 2.43. The summed E-state index contributed by atoms with van der Waals surface area (Å²) in [5, 5.41) is 45.0. The first kappa shape index (κ1) is 28.7. The maximum absolute atomic E-state index is 15.8. The van der Waals surface area contributed by atoms with Crippen LogP contribution < -0.4 is 5.73 Å². The third-order valence-corrected chi connectivity index (χ3v) is 8.25. The molecule has 1 aromatic carbocycles. The highest BCUT2D eigenvalue weighted by molar-refractivity contribution is 6.13. The molecule has 4 atom stereocenters. The van der Waals surface area contributed by atoms with Crippen LogP contribution in [0, 0.1) is 17.7 Å². The fourth-order valence-corrected chi connectivity index (χ4v) is 6.58. The number of hydrogen-bond acceptors (Lipinski definition) is 8. The molecule has 3 aliphatic carbocycles. The molecule has 4 rings (SSSR count). The van der Waals surface area contributed by atoms with Crippen LogP contribution >= 0.6 is 0 Å². The van der Waals surface area contributed by atoms with Crippen molar-refractivity contribution in [2.45, 2.75) is 44.4 Å². The number of phenolic OH excluding ortho intramolecular Hbond substituents is 1. The Morgan fingerprint density at radius 3 is 2.49 bits per heavy atom. The Kier molecular flexibility index (Phi) is 7.63. The predicted molar refractivity (Wildman–Crippen MR) is 139 cm³/mol. The first-order valence-electron chi connectivity index (χ1n) is 12.9. The molecule has 0 unspecified atom stereocenters. The minimum atomic E-state index is -2.31. The molecule has 0 aliphatic heterocycles. The largest absolute Gasteiger partial charge is 0.510 e. The van der Waals surface area contributed by atoms with Crippen LogP contribution in [-0.2, 0) is 17.8 Å². The van der Waals surface area contributed by atoms with E-state index in [0.29, 0.717) is 13.0 Å². The second-order valence-corrected chi connectivity index (χ2v) is 10.8. The van der Waals surface area contributed by atoms with Crippen LogP contribution in [0.2, 0.25) is 0 Å². The summed E-state index contributed by atoms with van der Waals surface area (Å²) < 4.78 is 28.9. The van der Waals surface area contributed by atoms with Crippen LogP contribution in [0.25, 0.3) is 0 Å². The van der Waals surface area contributed by atoms with E-state index in [1.54, 1.807) is 23.9 Å². The van der Waals surface area contributed by atoms with Gasteiger partial charge in [0.15, 0.2) is 11.4 Å². The summed E-state index contributed by atoms with van der Waals surface area (Å²) >= 11 is 0. The summed E-state index contributed by atoms with van der Waals surface area (Å²) in [7, 11) is 3.21. The molecule has 0 aromatic heterocycles. The van der Waals surface area contributed by atoms with Gasteiger partial charge in [-0.2, -0.15) is 0 Å². The molecular formula is C28H35F2N3O6. The van der Waals surface area contributed by atoms with Gasteiger partial charge in [-0.05, 0) is 51.9 Å². The summed E-state index contributed by atoms with van der Waals surface area (Å²) in [5.41, 5.74) is 1.95. The van der Waals surface area contributed by atoms with Gasteiger partial charge in [-0.25, -0.2) is 8.78 Å². The number of nitrogens with zero attached hydrogens (tertiary/aromatic N) is 2. The molecule has 0 spiro atoms. The fraction of sp³-hybridized carbons (Fsp3) is 0.500. The van der Waals surface area contributed by atoms with Crippen molar-refractivity contribution in [3.8, 4) is 5.75 Å². The average Bonchev–Trinajstić information content (AvgIpc) is 2.84. The first-order chi connectivity index (χ1) is 18.3. The van der Waals surface area contributed by atoms with E-state index in [1.807, 2.05) is 6.92 Å². The number of aliphatic hydroxyl groups excluding tert-OH is 2. The number of phenols is 1. The Balaban J connectivity index is 1.86. The number of nitrogens with two attached hydrogens (primary N) is 1. The fourth-order valence-electron chi connectivity index (χ4n) is 6.58. The standard InChI is InChI=1S/C28H35F2N3O6/c1-5-7-33(8-6-29)12-15-11-18(34)21-16(22(15)30)9-14-10-17-23(32(3)4)25(36)19(27(31)38)13(2)28(17,39)26(37)20(14)24(21)35/h11,14,17,23,34,36-37,39H,2,5-10,12H2,1,3-4H3,(H2,31,38)/t14-,17-,23-,28-/m0/s1. The number of fused-ring (bicyclic) bond motifs is 3. The lowest BCUT2D eigenvalue weighted by Crippen LogP contribution is -2.60. The van der Waals surface area contributed by atoms with Crippen molar-refractivity contribution < 1.29 is 38.8 Å². The second kappa shape index (κ2) is 10.4. The highest BCUT2D eigenvalue weighted by Gasteiger charge is 2.60. The molecule has 6 N–H and O–H groups in total. The smallest absolute Gasteiger partial charge is 0.252 e. The van der Waals surface area contributed by atoms with Gasteiger partial charge in [0.2, 0.25) is 0 Å². The van der Waals surface area contributed by atoms with E-state index in [-0.39, 0.29) is 53.8 Å². The quantitative estimate of drug-likeness (QED) is 0.333. The third-order valence-electron chi connectivity index (χ3n) is 8.25. The normalized spacial score (nSPS) is 26.7. The number of amides is 1. The molecule has 0 bridgehead atoms. The van der Waals surface area contributed by atoms with Crippen molar-refractivity contribution in [3.63, 3.8) is 0 Å². The molecule has 9 nitrogen and oxygen atoms in total. The molecule has 0 saturated carbocycles. The van der Waals surface area contributed by atoms with Crippen molar-refractivity contribution in [2.75, 3.05) is 33.9 Å². The molecule has 1 amide bonds.